The molecule has 0 amide bonds. The highest BCUT2D eigenvalue weighted by molar-refractivity contribution is 4.99. The molecule has 0 heteroatoms. The summed E-state index contributed by atoms with van der Waals surface area (Å²) in [4.78, 5) is 0. The van der Waals surface area contributed by atoms with Gasteiger partial charge in [-0.25, -0.2) is 0 Å². The van der Waals surface area contributed by atoms with Crippen molar-refractivity contribution in [3.05, 3.63) is 36.4 Å². The summed E-state index contributed by atoms with van der Waals surface area (Å²) in [5, 5.41) is 0. The summed E-state index contributed by atoms with van der Waals surface area (Å²) >= 11 is 0. The molecule has 1 aromatic rings. The number of benzene rings is 1. The highest BCUT2D eigenvalue weighted by atomic mass is 13.8. The topological polar surface area (TPSA) is 0 Å². The predicted molar refractivity (Wildman–Crippen MR) is 76.8 cm³/mol. The molecule has 0 atom stereocenters. The third-order valence-electron chi connectivity index (χ3n) is 2.08. The highest BCUT2D eigenvalue weighted by Gasteiger charge is 1.68. The van der Waals surface area contributed by atoms with Gasteiger partial charge in [0.25, 0.3) is 0 Å². The first-order chi connectivity index (χ1) is 7.83. The lowest BCUT2D eigenvalue weighted by Gasteiger charge is -1.79. The molecule has 0 aliphatic carbocycles. The summed E-state index contributed by atoms with van der Waals surface area (Å²) in [5.74, 6) is 0. The van der Waals surface area contributed by atoms with E-state index in [4.69, 9.17) is 0 Å². The van der Waals surface area contributed by atoms with E-state index in [1.165, 1.54) is 38.5 Å². The zero-order valence-corrected chi connectivity index (χ0v) is 11.7. The van der Waals surface area contributed by atoms with Crippen LogP contribution in [0.4, 0.5) is 0 Å². The minimum Gasteiger partial charge on any atom is -0.0654 e. The number of rotatable bonds is 4. The van der Waals surface area contributed by atoms with Gasteiger partial charge in [0.15, 0.2) is 0 Å². The van der Waals surface area contributed by atoms with Gasteiger partial charge in [0, 0.05) is 0 Å². The van der Waals surface area contributed by atoms with Crippen molar-refractivity contribution in [2.24, 2.45) is 0 Å². The summed E-state index contributed by atoms with van der Waals surface area (Å²) in [6.07, 6.45) is 8.15. The Balaban J connectivity index is 0. The van der Waals surface area contributed by atoms with Crippen LogP contribution in [0.15, 0.2) is 36.4 Å². The molecule has 16 heavy (non-hydrogen) atoms. The van der Waals surface area contributed by atoms with Crippen molar-refractivity contribution < 1.29 is 0 Å². The number of hydrogen-bond donors (Lipinski definition) is 0. The van der Waals surface area contributed by atoms with Gasteiger partial charge in [-0.15, -0.1) is 0 Å². The van der Waals surface area contributed by atoms with E-state index in [1.807, 2.05) is 36.4 Å². The van der Waals surface area contributed by atoms with Crippen molar-refractivity contribution in [3.8, 4) is 0 Å². The maximum absolute atomic E-state index is 2.21. The third kappa shape index (κ3) is 23.2. The molecule has 0 aliphatic heterocycles. The van der Waals surface area contributed by atoms with Crippen LogP contribution >= 0.6 is 0 Å². The Morgan fingerprint density at radius 2 is 0.625 bits per heavy atom. The second kappa shape index (κ2) is 19.7. The number of hydrogen-bond acceptors (Lipinski definition) is 0. The van der Waals surface area contributed by atoms with Crippen LogP contribution in [0, 0.1) is 0 Å². The van der Waals surface area contributed by atoms with Crippen LogP contribution < -0.4 is 0 Å². The molecule has 0 unspecified atom stereocenters. The molecule has 0 N–H and O–H groups in total. The van der Waals surface area contributed by atoms with Crippen molar-refractivity contribution in [2.75, 3.05) is 0 Å². The van der Waals surface area contributed by atoms with Crippen LogP contribution in [-0.2, 0) is 0 Å². The van der Waals surface area contributed by atoms with Crippen LogP contribution in [0.2, 0.25) is 0 Å². The van der Waals surface area contributed by atoms with Gasteiger partial charge >= 0.3 is 0 Å². The van der Waals surface area contributed by atoms with E-state index in [2.05, 4.69) is 27.7 Å². The van der Waals surface area contributed by atoms with E-state index in [-0.39, 0.29) is 0 Å². The van der Waals surface area contributed by atoms with Crippen molar-refractivity contribution in [1.82, 2.24) is 0 Å². The molecule has 1 rings (SSSR count). The van der Waals surface area contributed by atoms with Crippen LogP contribution in [0.5, 0.6) is 0 Å². The zero-order valence-electron chi connectivity index (χ0n) is 11.7. The molecule has 0 spiro atoms. The van der Waals surface area contributed by atoms with E-state index in [9.17, 15) is 0 Å². The van der Waals surface area contributed by atoms with E-state index in [0.29, 0.717) is 0 Å². The van der Waals surface area contributed by atoms with Crippen LogP contribution in [0.25, 0.3) is 0 Å². The molecule has 0 nitrogen and oxygen atoms in total. The van der Waals surface area contributed by atoms with Gasteiger partial charge in [0.2, 0.25) is 0 Å². The van der Waals surface area contributed by atoms with Gasteiger partial charge in [0.05, 0.1) is 0 Å². The maximum atomic E-state index is 2.21. The Morgan fingerprint density at radius 3 is 0.688 bits per heavy atom. The average molecular weight is 222 g/mol. The first-order valence-corrected chi connectivity index (χ1v) is 6.83. The fourth-order valence-electron chi connectivity index (χ4n) is 1.09. The lowest BCUT2D eigenvalue weighted by molar-refractivity contribution is 0.772. The van der Waals surface area contributed by atoms with E-state index in [0.717, 1.165) is 0 Å². The summed E-state index contributed by atoms with van der Waals surface area (Å²) in [6.45, 7) is 8.85. The minimum absolute atomic E-state index is 1.34. The van der Waals surface area contributed by atoms with Crippen LogP contribution in [0.3, 0.4) is 0 Å². The second-order valence-electron chi connectivity index (χ2n) is 3.86. The van der Waals surface area contributed by atoms with Crippen molar-refractivity contribution in [2.45, 2.75) is 66.2 Å². The quantitative estimate of drug-likeness (QED) is 0.579. The molecule has 0 fully saturated rings. The molecule has 0 bridgehead atoms. The third-order valence-corrected chi connectivity index (χ3v) is 2.08. The molecular weight excluding hydrogens is 192 g/mol. The summed E-state index contributed by atoms with van der Waals surface area (Å²) in [6, 6.07) is 12.0. The fraction of sp³-hybridized carbons (Fsp3) is 0.625. The van der Waals surface area contributed by atoms with Gasteiger partial charge in [-0.05, 0) is 0 Å². The highest BCUT2D eigenvalue weighted by Crippen LogP contribution is 1.88. The normalized spacial score (nSPS) is 8.25. The predicted octanol–water partition coefficient (Wildman–Crippen LogP) is 6.08. The zero-order chi connectivity index (χ0) is 12.5. The van der Waals surface area contributed by atoms with Crippen molar-refractivity contribution >= 4 is 0 Å². The van der Waals surface area contributed by atoms with Crippen molar-refractivity contribution in [3.63, 3.8) is 0 Å². The van der Waals surface area contributed by atoms with E-state index >= 15 is 0 Å². The summed E-state index contributed by atoms with van der Waals surface area (Å²) in [5.41, 5.74) is 0. The van der Waals surface area contributed by atoms with Crippen LogP contribution in [-0.4, -0.2) is 0 Å². The molecule has 1 aromatic carbocycles. The second-order valence-corrected chi connectivity index (χ2v) is 3.86. The molecule has 94 valence electrons. The van der Waals surface area contributed by atoms with Gasteiger partial charge in [-0.2, -0.15) is 0 Å². The van der Waals surface area contributed by atoms with Crippen LogP contribution in [0.1, 0.15) is 66.2 Å². The maximum Gasteiger partial charge on any atom is -0.0538 e. The van der Waals surface area contributed by atoms with E-state index < -0.39 is 0 Å². The molecule has 0 heterocycles. The molecule has 0 aromatic heterocycles. The smallest absolute Gasteiger partial charge is 0.0538 e. The molecule has 0 aliphatic rings. The molecule has 0 radical (unpaired) electrons. The Hall–Kier alpha value is -0.780. The van der Waals surface area contributed by atoms with Crippen molar-refractivity contribution in [1.29, 1.82) is 0 Å². The SMILES string of the molecule is CCCCC.CCCCC.c1ccccc1. The molecular formula is C16H30. The van der Waals surface area contributed by atoms with Gasteiger partial charge < -0.3 is 0 Å². The van der Waals surface area contributed by atoms with Gasteiger partial charge in [-0.1, -0.05) is 103 Å². The van der Waals surface area contributed by atoms with Gasteiger partial charge in [0.1, 0.15) is 0 Å². The van der Waals surface area contributed by atoms with E-state index in [1.54, 1.807) is 0 Å². The lowest BCUT2D eigenvalue weighted by atomic mass is 10.3. The Kier molecular flexibility index (Phi) is 21.7. The first kappa shape index (κ1) is 17.6. The Labute approximate surface area is 103 Å². The average Bonchev–Trinajstić information content (AvgIpc) is 2.35. The fourth-order valence-corrected chi connectivity index (χ4v) is 1.09. The lowest BCUT2D eigenvalue weighted by Crippen LogP contribution is -1.59. The van der Waals surface area contributed by atoms with Gasteiger partial charge in [-0.3, -0.25) is 0 Å². The first-order valence-electron chi connectivity index (χ1n) is 6.83. The standard InChI is InChI=1S/C6H6.2C5H12/c1-2-4-6-5-3-1;2*1-3-5-4-2/h1-6H;2*3-5H2,1-2H3. The Morgan fingerprint density at radius 1 is 0.438 bits per heavy atom. The largest absolute Gasteiger partial charge is 0.0654 e. The molecule has 0 saturated heterocycles. The number of unbranched alkanes of at least 4 members (excludes halogenated alkanes) is 4. The summed E-state index contributed by atoms with van der Waals surface area (Å²) in [7, 11) is 0. The molecule has 0 saturated carbocycles. The minimum atomic E-state index is 1.34. The summed E-state index contributed by atoms with van der Waals surface area (Å²) < 4.78 is 0. The Bertz CT molecular complexity index is 130. The monoisotopic (exact) mass is 222 g/mol.